The van der Waals surface area contributed by atoms with Crippen molar-refractivity contribution in [1.82, 2.24) is 4.98 Å². The molecule has 0 atom stereocenters. The van der Waals surface area contributed by atoms with Gasteiger partial charge < -0.3 is 10.4 Å². The van der Waals surface area contributed by atoms with Crippen LogP contribution in [0.1, 0.15) is 36.9 Å². The van der Waals surface area contributed by atoms with Crippen LogP contribution in [0.3, 0.4) is 0 Å². The summed E-state index contributed by atoms with van der Waals surface area (Å²) in [6.07, 6.45) is 0. The van der Waals surface area contributed by atoms with E-state index in [-0.39, 0.29) is 11.5 Å². The highest BCUT2D eigenvalue weighted by atomic mass is 32.1. The van der Waals surface area contributed by atoms with Gasteiger partial charge in [0.1, 0.15) is 4.88 Å². The van der Waals surface area contributed by atoms with E-state index in [9.17, 15) is 14.7 Å². The van der Waals surface area contributed by atoms with E-state index in [4.69, 9.17) is 0 Å². The zero-order valence-corrected chi connectivity index (χ0v) is 12.2. The van der Waals surface area contributed by atoms with Crippen LogP contribution in [0.25, 0.3) is 0 Å². The molecule has 5 nitrogen and oxygen atoms in total. The molecule has 2 aromatic rings. The Labute approximate surface area is 120 Å². The molecule has 2 rings (SSSR count). The molecule has 1 heterocycles. The molecule has 0 aliphatic carbocycles. The van der Waals surface area contributed by atoms with Gasteiger partial charge in [-0.1, -0.05) is 6.07 Å². The molecule has 1 amide bonds. The van der Waals surface area contributed by atoms with Gasteiger partial charge in [-0.3, -0.25) is 4.79 Å². The molecule has 0 radical (unpaired) electrons. The maximum atomic E-state index is 12.2. The number of nitrogens with one attached hydrogen (secondary N) is 1. The van der Waals surface area contributed by atoms with Gasteiger partial charge in [-0.15, -0.1) is 11.3 Å². The Morgan fingerprint density at radius 2 is 1.95 bits per heavy atom. The van der Waals surface area contributed by atoms with Crippen LogP contribution in [0.5, 0.6) is 0 Å². The van der Waals surface area contributed by atoms with E-state index in [0.29, 0.717) is 16.3 Å². The van der Waals surface area contributed by atoms with E-state index in [1.54, 1.807) is 25.4 Å². The topological polar surface area (TPSA) is 79.3 Å². The molecule has 20 heavy (non-hydrogen) atoms. The molecule has 104 valence electrons. The predicted molar refractivity (Wildman–Crippen MR) is 77.7 cm³/mol. The standard InChI is InChI=1S/C14H14N2O3S/c1-7-4-8(2)11(10(5-7)14(18)19)16-13(17)12-9(3)15-6-20-12/h4-6H,1-3H3,(H,16,17)(H,18,19). The molecule has 1 aromatic heterocycles. The number of rotatable bonds is 3. The average Bonchev–Trinajstić information content (AvgIpc) is 2.78. The Morgan fingerprint density at radius 3 is 2.50 bits per heavy atom. The van der Waals surface area contributed by atoms with Crippen LogP contribution in [-0.4, -0.2) is 22.0 Å². The Balaban J connectivity index is 2.41. The number of hydrogen-bond acceptors (Lipinski definition) is 4. The summed E-state index contributed by atoms with van der Waals surface area (Å²) >= 11 is 1.23. The van der Waals surface area contributed by atoms with Crippen molar-refractivity contribution in [2.75, 3.05) is 5.32 Å². The molecule has 2 N–H and O–H groups in total. The number of anilines is 1. The number of carbonyl (C=O) groups excluding carboxylic acids is 1. The maximum Gasteiger partial charge on any atom is 0.337 e. The van der Waals surface area contributed by atoms with Crippen molar-refractivity contribution in [1.29, 1.82) is 0 Å². The molecule has 0 unspecified atom stereocenters. The Morgan fingerprint density at radius 1 is 1.25 bits per heavy atom. The third-order valence-electron chi connectivity index (χ3n) is 2.90. The van der Waals surface area contributed by atoms with Gasteiger partial charge in [-0.05, 0) is 38.0 Å². The lowest BCUT2D eigenvalue weighted by atomic mass is 10.0. The fraction of sp³-hybridized carbons (Fsp3) is 0.214. The fourth-order valence-corrected chi connectivity index (χ4v) is 2.69. The van der Waals surface area contributed by atoms with Crippen LogP contribution in [0.2, 0.25) is 0 Å². The van der Waals surface area contributed by atoms with Crippen molar-refractivity contribution in [3.05, 3.63) is 44.9 Å². The van der Waals surface area contributed by atoms with Crippen molar-refractivity contribution in [3.8, 4) is 0 Å². The van der Waals surface area contributed by atoms with Crippen LogP contribution in [-0.2, 0) is 0 Å². The number of carboxylic acid groups (broad SMARTS) is 1. The van der Waals surface area contributed by atoms with Crippen molar-refractivity contribution < 1.29 is 14.7 Å². The third kappa shape index (κ3) is 2.70. The molecular formula is C14H14N2O3S. The Hall–Kier alpha value is -2.21. The number of hydrogen-bond donors (Lipinski definition) is 2. The summed E-state index contributed by atoms with van der Waals surface area (Å²) < 4.78 is 0. The number of aromatic nitrogens is 1. The molecule has 0 aliphatic heterocycles. The van der Waals surface area contributed by atoms with Crippen molar-refractivity contribution >= 4 is 28.9 Å². The van der Waals surface area contributed by atoms with Crippen LogP contribution < -0.4 is 5.32 Å². The molecular weight excluding hydrogens is 276 g/mol. The lowest BCUT2D eigenvalue weighted by molar-refractivity contribution is 0.0698. The zero-order chi connectivity index (χ0) is 14.9. The first kappa shape index (κ1) is 14.2. The van der Waals surface area contributed by atoms with E-state index in [2.05, 4.69) is 10.3 Å². The Bertz CT molecular complexity index is 692. The van der Waals surface area contributed by atoms with E-state index >= 15 is 0 Å². The number of carboxylic acids is 1. The van der Waals surface area contributed by atoms with Gasteiger partial charge in [0.15, 0.2) is 0 Å². The van der Waals surface area contributed by atoms with Crippen LogP contribution in [0, 0.1) is 20.8 Å². The molecule has 0 bridgehead atoms. The normalized spacial score (nSPS) is 10.3. The van der Waals surface area contributed by atoms with Crippen LogP contribution in [0.4, 0.5) is 5.69 Å². The highest BCUT2D eigenvalue weighted by Crippen LogP contribution is 2.24. The van der Waals surface area contributed by atoms with Crippen molar-refractivity contribution in [2.45, 2.75) is 20.8 Å². The van der Waals surface area contributed by atoms with Crippen molar-refractivity contribution in [2.24, 2.45) is 0 Å². The number of aromatic carboxylic acids is 1. The summed E-state index contributed by atoms with van der Waals surface area (Å²) in [7, 11) is 0. The van der Waals surface area contributed by atoms with Crippen LogP contribution >= 0.6 is 11.3 Å². The summed E-state index contributed by atoms with van der Waals surface area (Å²) in [4.78, 5) is 28.0. The lowest BCUT2D eigenvalue weighted by Gasteiger charge is -2.12. The SMILES string of the molecule is Cc1cc(C)c(NC(=O)c2scnc2C)c(C(=O)O)c1. The summed E-state index contributed by atoms with van der Waals surface area (Å²) in [6.45, 7) is 5.33. The molecule has 0 fully saturated rings. The lowest BCUT2D eigenvalue weighted by Crippen LogP contribution is -2.16. The number of nitrogens with zero attached hydrogens (tertiary/aromatic N) is 1. The van der Waals surface area contributed by atoms with E-state index in [0.717, 1.165) is 11.1 Å². The number of amides is 1. The van der Waals surface area contributed by atoms with Crippen LogP contribution in [0.15, 0.2) is 17.6 Å². The van der Waals surface area contributed by atoms with Gasteiger partial charge in [-0.2, -0.15) is 0 Å². The number of aryl methyl sites for hydroxylation is 3. The largest absolute Gasteiger partial charge is 0.478 e. The predicted octanol–water partition coefficient (Wildman–Crippen LogP) is 3.02. The van der Waals surface area contributed by atoms with Gasteiger partial charge in [0, 0.05) is 0 Å². The second-order valence-electron chi connectivity index (χ2n) is 4.53. The van der Waals surface area contributed by atoms with E-state index in [1.165, 1.54) is 11.3 Å². The highest BCUT2D eigenvalue weighted by molar-refractivity contribution is 7.12. The van der Waals surface area contributed by atoms with E-state index in [1.807, 2.05) is 13.0 Å². The van der Waals surface area contributed by atoms with Gasteiger partial charge in [0.25, 0.3) is 5.91 Å². The molecule has 0 aliphatic rings. The smallest absolute Gasteiger partial charge is 0.337 e. The van der Waals surface area contributed by atoms with E-state index < -0.39 is 5.97 Å². The van der Waals surface area contributed by atoms with Gasteiger partial charge in [0.2, 0.25) is 0 Å². The summed E-state index contributed by atoms with van der Waals surface area (Å²) in [5.74, 6) is -1.40. The maximum absolute atomic E-state index is 12.2. The zero-order valence-electron chi connectivity index (χ0n) is 11.4. The Kier molecular flexibility index (Phi) is 3.85. The minimum atomic E-state index is -1.06. The van der Waals surface area contributed by atoms with Crippen molar-refractivity contribution in [3.63, 3.8) is 0 Å². The molecule has 1 aromatic carbocycles. The highest BCUT2D eigenvalue weighted by Gasteiger charge is 2.18. The monoisotopic (exact) mass is 290 g/mol. The third-order valence-corrected chi connectivity index (χ3v) is 3.83. The number of thiazole rings is 1. The fourth-order valence-electron chi connectivity index (χ4n) is 1.99. The molecule has 0 saturated carbocycles. The second-order valence-corrected chi connectivity index (χ2v) is 5.39. The second kappa shape index (κ2) is 5.42. The minimum absolute atomic E-state index is 0.0954. The summed E-state index contributed by atoms with van der Waals surface area (Å²) in [5, 5.41) is 11.9. The summed E-state index contributed by atoms with van der Waals surface area (Å²) in [6, 6.07) is 3.38. The molecule has 6 heteroatoms. The van der Waals surface area contributed by atoms with Gasteiger partial charge >= 0.3 is 5.97 Å². The number of benzene rings is 1. The minimum Gasteiger partial charge on any atom is -0.478 e. The van der Waals surface area contributed by atoms with Gasteiger partial charge in [0.05, 0.1) is 22.5 Å². The molecule has 0 spiro atoms. The molecule has 0 saturated heterocycles. The average molecular weight is 290 g/mol. The number of carbonyl (C=O) groups is 2. The quantitative estimate of drug-likeness (QED) is 0.910. The first-order valence-corrected chi connectivity index (χ1v) is 6.84. The first-order chi connectivity index (χ1) is 9.40. The first-order valence-electron chi connectivity index (χ1n) is 5.96. The van der Waals surface area contributed by atoms with Gasteiger partial charge in [-0.25, -0.2) is 9.78 Å². The summed E-state index contributed by atoms with van der Waals surface area (Å²) in [5.41, 5.74) is 4.21.